The summed E-state index contributed by atoms with van der Waals surface area (Å²) in [5, 5.41) is 0. The van der Waals surface area contributed by atoms with Gasteiger partial charge in [0.1, 0.15) is 0 Å². The van der Waals surface area contributed by atoms with Crippen LogP contribution in [0.2, 0.25) is 0 Å². The lowest BCUT2D eigenvalue weighted by Crippen LogP contribution is -2.04. The average Bonchev–Trinajstić information content (AvgIpc) is 2.68. The molecule has 3 rings (SSSR count). The van der Waals surface area contributed by atoms with E-state index < -0.39 is 0 Å². The highest BCUT2D eigenvalue weighted by molar-refractivity contribution is 5.71. The molecule has 1 aliphatic carbocycles. The first-order valence-corrected chi connectivity index (χ1v) is 9.80. The Labute approximate surface area is 153 Å². The molecule has 0 nitrogen and oxygen atoms in total. The highest BCUT2D eigenvalue weighted by Gasteiger charge is 2.14. The Morgan fingerprint density at radius 3 is 2.16 bits per heavy atom. The van der Waals surface area contributed by atoms with Crippen LogP contribution in [0, 0.1) is 5.92 Å². The fourth-order valence-corrected chi connectivity index (χ4v) is 3.83. The van der Waals surface area contributed by atoms with Gasteiger partial charge in [-0.25, -0.2) is 0 Å². The normalized spacial score (nSPS) is 17.2. The van der Waals surface area contributed by atoms with Crippen molar-refractivity contribution in [3.8, 4) is 11.1 Å². The Hall–Kier alpha value is -2.08. The smallest absolute Gasteiger partial charge is 0.0184 e. The number of benzene rings is 2. The Balaban J connectivity index is 1.67. The van der Waals surface area contributed by atoms with Gasteiger partial charge in [-0.15, -0.1) is 6.58 Å². The molecule has 0 radical (unpaired) electrons. The average molecular weight is 331 g/mol. The van der Waals surface area contributed by atoms with Crippen LogP contribution in [0.25, 0.3) is 16.7 Å². The first-order chi connectivity index (χ1) is 12.3. The van der Waals surface area contributed by atoms with Gasteiger partial charge in [-0.3, -0.25) is 0 Å². The van der Waals surface area contributed by atoms with Crippen molar-refractivity contribution in [2.45, 2.75) is 51.9 Å². The Bertz CT molecular complexity index is 701. The molecule has 1 aliphatic rings. The summed E-state index contributed by atoms with van der Waals surface area (Å²) in [5.74, 6) is 0.910. The minimum atomic E-state index is 0.910. The fraction of sp³-hybridized carbons (Fsp3) is 0.360. The third kappa shape index (κ3) is 4.72. The summed E-state index contributed by atoms with van der Waals surface area (Å²) in [4.78, 5) is 0. The largest absolute Gasteiger partial charge is 0.103 e. The van der Waals surface area contributed by atoms with E-state index in [0.717, 1.165) is 18.8 Å². The first-order valence-electron chi connectivity index (χ1n) is 9.80. The predicted molar refractivity (Wildman–Crippen MR) is 111 cm³/mol. The molecule has 25 heavy (non-hydrogen) atoms. The van der Waals surface area contributed by atoms with Crippen molar-refractivity contribution in [3.05, 3.63) is 78.4 Å². The number of hydrogen-bond donors (Lipinski definition) is 0. The van der Waals surface area contributed by atoms with E-state index in [-0.39, 0.29) is 0 Å². The van der Waals surface area contributed by atoms with Gasteiger partial charge >= 0.3 is 0 Å². The van der Waals surface area contributed by atoms with Gasteiger partial charge in [-0.2, -0.15) is 0 Å². The van der Waals surface area contributed by atoms with Crippen LogP contribution in [0.15, 0.2) is 67.3 Å². The summed E-state index contributed by atoms with van der Waals surface area (Å²) < 4.78 is 0. The second-order valence-corrected chi connectivity index (χ2v) is 7.26. The second kappa shape index (κ2) is 8.85. The van der Waals surface area contributed by atoms with Gasteiger partial charge in [0, 0.05) is 0 Å². The van der Waals surface area contributed by atoms with E-state index in [1.54, 1.807) is 5.57 Å². The van der Waals surface area contributed by atoms with Crippen molar-refractivity contribution >= 4 is 5.57 Å². The van der Waals surface area contributed by atoms with Crippen LogP contribution in [-0.2, 0) is 6.42 Å². The molecule has 2 aromatic carbocycles. The molecule has 0 bridgehead atoms. The summed E-state index contributed by atoms with van der Waals surface area (Å²) in [7, 11) is 0. The van der Waals surface area contributed by atoms with E-state index in [4.69, 9.17) is 0 Å². The lowest BCUT2D eigenvalue weighted by Gasteiger charge is -2.21. The third-order valence-electron chi connectivity index (χ3n) is 5.40. The van der Waals surface area contributed by atoms with E-state index in [2.05, 4.69) is 68.1 Å². The standard InChI is InChI=1S/C25H30/c1-3-5-7-21-10-14-23(15-11-21)25-18-16-24(17-19-25)22-12-8-20(6-4-2)9-13-22/h3,10-12,14-20H,1,4-9,13H2,2H3. The van der Waals surface area contributed by atoms with Crippen LogP contribution < -0.4 is 0 Å². The summed E-state index contributed by atoms with van der Waals surface area (Å²) >= 11 is 0. The molecular formula is C25H30. The van der Waals surface area contributed by atoms with Crippen molar-refractivity contribution in [3.63, 3.8) is 0 Å². The molecular weight excluding hydrogens is 300 g/mol. The fourth-order valence-electron chi connectivity index (χ4n) is 3.83. The van der Waals surface area contributed by atoms with E-state index >= 15 is 0 Å². The van der Waals surface area contributed by atoms with Gasteiger partial charge in [-0.05, 0) is 65.8 Å². The Morgan fingerprint density at radius 2 is 1.60 bits per heavy atom. The van der Waals surface area contributed by atoms with E-state index in [0.29, 0.717) is 0 Å². The van der Waals surface area contributed by atoms with Crippen LogP contribution in [0.5, 0.6) is 0 Å². The second-order valence-electron chi connectivity index (χ2n) is 7.26. The minimum Gasteiger partial charge on any atom is -0.103 e. The van der Waals surface area contributed by atoms with Gasteiger partial charge in [0.2, 0.25) is 0 Å². The van der Waals surface area contributed by atoms with Crippen molar-refractivity contribution in [1.82, 2.24) is 0 Å². The van der Waals surface area contributed by atoms with Crippen molar-refractivity contribution in [2.24, 2.45) is 5.92 Å². The zero-order valence-corrected chi connectivity index (χ0v) is 15.5. The molecule has 2 aromatic rings. The topological polar surface area (TPSA) is 0 Å². The molecule has 0 saturated heterocycles. The van der Waals surface area contributed by atoms with Crippen LogP contribution in [-0.4, -0.2) is 0 Å². The molecule has 0 spiro atoms. The maximum absolute atomic E-state index is 3.80. The molecule has 0 N–H and O–H groups in total. The predicted octanol–water partition coefficient (Wildman–Crippen LogP) is 7.46. The molecule has 0 saturated carbocycles. The van der Waals surface area contributed by atoms with Gasteiger partial charge in [0.15, 0.2) is 0 Å². The van der Waals surface area contributed by atoms with E-state index in [1.165, 1.54) is 54.4 Å². The molecule has 130 valence electrons. The number of rotatable bonds is 7. The van der Waals surface area contributed by atoms with E-state index in [9.17, 15) is 0 Å². The summed E-state index contributed by atoms with van der Waals surface area (Å²) in [6, 6.07) is 18.1. The summed E-state index contributed by atoms with van der Waals surface area (Å²) in [6.07, 6.45) is 13.1. The Kier molecular flexibility index (Phi) is 6.28. The van der Waals surface area contributed by atoms with Crippen molar-refractivity contribution < 1.29 is 0 Å². The van der Waals surface area contributed by atoms with Gasteiger partial charge in [0.25, 0.3) is 0 Å². The number of allylic oxidation sites excluding steroid dienone is 3. The van der Waals surface area contributed by atoms with Crippen LogP contribution in [0.1, 0.15) is 56.6 Å². The van der Waals surface area contributed by atoms with Gasteiger partial charge < -0.3 is 0 Å². The molecule has 0 heteroatoms. The molecule has 1 unspecified atom stereocenters. The molecule has 1 atom stereocenters. The molecule has 0 heterocycles. The highest BCUT2D eigenvalue weighted by atomic mass is 14.2. The lowest BCUT2D eigenvalue weighted by atomic mass is 9.84. The van der Waals surface area contributed by atoms with Crippen molar-refractivity contribution in [2.75, 3.05) is 0 Å². The zero-order valence-electron chi connectivity index (χ0n) is 15.5. The molecule has 0 aromatic heterocycles. The van der Waals surface area contributed by atoms with Crippen LogP contribution >= 0.6 is 0 Å². The Morgan fingerprint density at radius 1 is 0.960 bits per heavy atom. The SMILES string of the molecule is C=CCCc1ccc(-c2ccc(C3=CCC(CCC)CC3)cc2)cc1. The zero-order chi connectivity index (χ0) is 17.5. The molecule has 0 fully saturated rings. The maximum Gasteiger partial charge on any atom is -0.0184 e. The number of hydrogen-bond acceptors (Lipinski definition) is 0. The third-order valence-corrected chi connectivity index (χ3v) is 5.40. The minimum absolute atomic E-state index is 0.910. The maximum atomic E-state index is 3.80. The highest BCUT2D eigenvalue weighted by Crippen LogP contribution is 2.33. The first kappa shape index (κ1) is 17.7. The monoisotopic (exact) mass is 330 g/mol. The van der Waals surface area contributed by atoms with E-state index in [1.807, 2.05) is 6.08 Å². The van der Waals surface area contributed by atoms with Crippen LogP contribution in [0.3, 0.4) is 0 Å². The summed E-state index contributed by atoms with van der Waals surface area (Å²) in [6.45, 7) is 6.09. The van der Waals surface area contributed by atoms with Gasteiger partial charge in [0.05, 0.1) is 0 Å². The van der Waals surface area contributed by atoms with Crippen LogP contribution in [0.4, 0.5) is 0 Å². The van der Waals surface area contributed by atoms with Gasteiger partial charge in [-0.1, -0.05) is 80.4 Å². The molecule has 0 aliphatic heterocycles. The quantitative estimate of drug-likeness (QED) is 0.462. The van der Waals surface area contributed by atoms with Crippen molar-refractivity contribution in [1.29, 1.82) is 0 Å². The molecule has 0 amide bonds. The lowest BCUT2D eigenvalue weighted by molar-refractivity contribution is 0.445. The summed E-state index contributed by atoms with van der Waals surface area (Å²) in [5.41, 5.74) is 6.93. The number of aryl methyl sites for hydroxylation is 1.